The third kappa shape index (κ3) is 6.74. The van der Waals surface area contributed by atoms with Crippen LogP contribution in [0.2, 0.25) is 0 Å². The fourth-order valence-electron chi connectivity index (χ4n) is 3.10. The summed E-state index contributed by atoms with van der Waals surface area (Å²) in [4.78, 5) is 25.6. The largest absolute Gasteiger partial charge is 0.493 e. The molecule has 0 radical (unpaired) electrons. The summed E-state index contributed by atoms with van der Waals surface area (Å²) in [7, 11) is 1.65. The second-order valence-electron chi connectivity index (χ2n) is 6.71. The molecule has 0 bridgehead atoms. The lowest BCUT2D eigenvalue weighted by molar-refractivity contribution is -0.124. The molecule has 138 valence electrons. The average Bonchev–Trinajstić information content (AvgIpc) is 2.55. The Kier molecular flexibility index (Phi) is 7.25. The van der Waals surface area contributed by atoms with Crippen LogP contribution in [0.25, 0.3) is 0 Å². The van der Waals surface area contributed by atoms with Crippen molar-refractivity contribution in [3.63, 3.8) is 0 Å². The molecule has 1 saturated heterocycles. The number of amides is 2. The predicted octanol–water partition coefficient (Wildman–Crippen LogP) is 1.40. The van der Waals surface area contributed by atoms with Gasteiger partial charge >= 0.3 is 0 Å². The normalized spacial score (nSPS) is 15.6. The van der Waals surface area contributed by atoms with Crippen molar-refractivity contribution in [1.29, 1.82) is 0 Å². The highest BCUT2D eigenvalue weighted by Crippen LogP contribution is 2.16. The van der Waals surface area contributed by atoms with E-state index in [9.17, 15) is 9.59 Å². The van der Waals surface area contributed by atoms with Gasteiger partial charge in [0.25, 0.3) is 0 Å². The van der Waals surface area contributed by atoms with Gasteiger partial charge in [-0.2, -0.15) is 0 Å². The number of carbonyl (C=O) groups excluding carboxylic acids is 2. The molecule has 25 heavy (non-hydrogen) atoms. The fraction of sp³-hybridized carbons (Fsp3) is 0.579. The highest BCUT2D eigenvalue weighted by molar-refractivity contribution is 5.77. The Morgan fingerprint density at radius 3 is 2.36 bits per heavy atom. The van der Waals surface area contributed by atoms with E-state index in [2.05, 4.69) is 21.6 Å². The highest BCUT2D eigenvalue weighted by Gasteiger charge is 2.21. The second kappa shape index (κ2) is 9.42. The molecule has 1 aromatic rings. The summed E-state index contributed by atoms with van der Waals surface area (Å²) in [6, 6.07) is 6.24. The number of nitrogens with one attached hydrogen (secondary N) is 2. The third-order valence-electron chi connectivity index (χ3n) is 4.39. The van der Waals surface area contributed by atoms with E-state index < -0.39 is 0 Å². The van der Waals surface area contributed by atoms with Crippen LogP contribution in [0.3, 0.4) is 0 Å². The fourth-order valence-corrected chi connectivity index (χ4v) is 3.10. The summed E-state index contributed by atoms with van der Waals surface area (Å²) in [5.41, 5.74) is 2.31. The maximum Gasteiger partial charge on any atom is 0.233 e. The molecule has 1 fully saturated rings. The number of aryl methyl sites for hydroxylation is 2. The number of hydrogen-bond donors (Lipinski definition) is 2. The van der Waals surface area contributed by atoms with Crippen molar-refractivity contribution in [2.75, 3.05) is 33.3 Å². The molecule has 2 rings (SSSR count). The first kappa shape index (κ1) is 19.2. The van der Waals surface area contributed by atoms with Gasteiger partial charge in [-0.3, -0.25) is 14.5 Å². The lowest BCUT2D eigenvalue weighted by atomic mass is 10.0. The van der Waals surface area contributed by atoms with Gasteiger partial charge in [-0.05, 0) is 49.9 Å². The summed E-state index contributed by atoms with van der Waals surface area (Å²) >= 11 is 0. The molecule has 0 saturated carbocycles. The zero-order chi connectivity index (χ0) is 18.2. The average molecular weight is 347 g/mol. The van der Waals surface area contributed by atoms with Crippen LogP contribution < -0.4 is 15.4 Å². The molecule has 0 aliphatic carbocycles. The van der Waals surface area contributed by atoms with E-state index in [0.717, 1.165) is 42.8 Å². The van der Waals surface area contributed by atoms with Crippen LogP contribution in [0, 0.1) is 13.8 Å². The topological polar surface area (TPSA) is 70.7 Å². The van der Waals surface area contributed by atoms with Gasteiger partial charge in [-0.25, -0.2) is 0 Å². The molecule has 1 aliphatic rings. The molecular formula is C19H29N3O3. The Morgan fingerprint density at radius 2 is 1.76 bits per heavy atom. The molecular weight excluding hydrogens is 318 g/mol. The van der Waals surface area contributed by atoms with Crippen LogP contribution in [-0.4, -0.2) is 56.0 Å². The van der Waals surface area contributed by atoms with Gasteiger partial charge in [0, 0.05) is 26.2 Å². The Hall–Kier alpha value is -2.08. The van der Waals surface area contributed by atoms with Crippen molar-refractivity contribution in [3.05, 3.63) is 29.3 Å². The third-order valence-corrected chi connectivity index (χ3v) is 4.39. The van der Waals surface area contributed by atoms with Gasteiger partial charge in [-0.15, -0.1) is 0 Å². The van der Waals surface area contributed by atoms with E-state index in [0.29, 0.717) is 19.6 Å². The molecule has 1 heterocycles. The Labute approximate surface area is 149 Å². The van der Waals surface area contributed by atoms with E-state index in [4.69, 9.17) is 4.74 Å². The van der Waals surface area contributed by atoms with Gasteiger partial charge in [0.05, 0.1) is 19.6 Å². The lowest BCUT2D eigenvalue weighted by Crippen LogP contribution is -2.47. The number of likely N-dealkylation sites (tertiary alicyclic amines) is 1. The van der Waals surface area contributed by atoms with Crippen LogP contribution in [-0.2, 0) is 9.59 Å². The van der Waals surface area contributed by atoms with Crippen molar-refractivity contribution in [2.45, 2.75) is 39.2 Å². The van der Waals surface area contributed by atoms with Gasteiger partial charge < -0.3 is 15.4 Å². The monoisotopic (exact) mass is 347 g/mol. The summed E-state index contributed by atoms with van der Waals surface area (Å²) in [5, 5.41) is 5.70. The molecule has 0 spiro atoms. The minimum atomic E-state index is 0.0223. The SMILES string of the molecule is CNC(=O)CN1CCC(NC(=O)CCOc2cc(C)cc(C)c2)CC1. The number of likely N-dealkylation sites (N-methyl/N-ethyl adjacent to an activating group) is 1. The lowest BCUT2D eigenvalue weighted by Gasteiger charge is -2.31. The molecule has 6 nitrogen and oxygen atoms in total. The van der Waals surface area contributed by atoms with E-state index in [-0.39, 0.29) is 17.9 Å². The Bertz CT molecular complexity index is 575. The highest BCUT2D eigenvalue weighted by atomic mass is 16.5. The van der Waals surface area contributed by atoms with Crippen molar-refractivity contribution in [3.8, 4) is 5.75 Å². The Morgan fingerprint density at radius 1 is 1.12 bits per heavy atom. The zero-order valence-corrected chi connectivity index (χ0v) is 15.4. The van der Waals surface area contributed by atoms with E-state index in [1.54, 1.807) is 7.05 Å². The first-order valence-electron chi connectivity index (χ1n) is 8.89. The molecule has 2 N–H and O–H groups in total. The summed E-state index contributed by atoms with van der Waals surface area (Å²) in [6.45, 7) is 6.53. The smallest absolute Gasteiger partial charge is 0.233 e. The van der Waals surface area contributed by atoms with Crippen molar-refractivity contribution in [2.24, 2.45) is 0 Å². The standard InChI is InChI=1S/C19H29N3O3/c1-14-10-15(2)12-17(11-14)25-9-6-18(23)21-16-4-7-22(8-5-16)13-19(24)20-3/h10-12,16H,4-9,13H2,1-3H3,(H,20,24)(H,21,23). The number of piperidine rings is 1. The predicted molar refractivity (Wildman–Crippen MR) is 97.7 cm³/mol. The molecule has 0 unspecified atom stereocenters. The first-order chi connectivity index (χ1) is 12.0. The molecule has 6 heteroatoms. The summed E-state index contributed by atoms with van der Waals surface area (Å²) in [5.74, 6) is 0.868. The van der Waals surface area contributed by atoms with Crippen LogP contribution in [0.1, 0.15) is 30.4 Å². The van der Waals surface area contributed by atoms with Crippen molar-refractivity contribution in [1.82, 2.24) is 15.5 Å². The minimum absolute atomic E-state index is 0.0223. The van der Waals surface area contributed by atoms with Crippen LogP contribution in [0.4, 0.5) is 0 Å². The van der Waals surface area contributed by atoms with Gasteiger partial charge in [0.1, 0.15) is 5.75 Å². The summed E-state index contributed by atoms with van der Waals surface area (Å²) in [6.07, 6.45) is 2.10. The quantitative estimate of drug-likeness (QED) is 0.782. The maximum atomic E-state index is 12.1. The molecule has 1 aliphatic heterocycles. The van der Waals surface area contributed by atoms with E-state index in [1.807, 2.05) is 26.0 Å². The Balaban J connectivity index is 1.65. The van der Waals surface area contributed by atoms with E-state index >= 15 is 0 Å². The van der Waals surface area contributed by atoms with E-state index in [1.165, 1.54) is 0 Å². The van der Waals surface area contributed by atoms with Crippen molar-refractivity contribution < 1.29 is 14.3 Å². The number of rotatable bonds is 7. The zero-order valence-electron chi connectivity index (χ0n) is 15.4. The number of carbonyl (C=O) groups is 2. The molecule has 0 aromatic heterocycles. The van der Waals surface area contributed by atoms with Gasteiger partial charge in [0.2, 0.25) is 11.8 Å². The maximum absolute atomic E-state index is 12.1. The molecule has 0 atom stereocenters. The van der Waals surface area contributed by atoms with Gasteiger partial charge in [-0.1, -0.05) is 6.07 Å². The minimum Gasteiger partial charge on any atom is -0.493 e. The van der Waals surface area contributed by atoms with Crippen LogP contribution >= 0.6 is 0 Å². The van der Waals surface area contributed by atoms with Crippen LogP contribution in [0.5, 0.6) is 5.75 Å². The first-order valence-corrected chi connectivity index (χ1v) is 8.89. The molecule has 1 aromatic carbocycles. The number of benzene rings is 1. The van der Waals surface area contributed by atoms with Crippen LogP contribution in [0.15, 0.2) is 18.2 Å². The number of ether oxygens (including phenoxy) is 1. The second-order valence-corrected chi connectivity index (χ2v) is 6.71. The number of nitrogens with zero attached hydrogens (tertiary/aromatic N) is 1. The number of hydrogen-bond acceptors (Lipinski definition) is 4. The van der Waals surface area contributed by atoms with Gasteiger partial charge in [0.15, 0.2) is 0 Å². The molecule has 2 amide bonds. The summed E-state index contributed by atoms with van der Waals surface area (Å²) < 4.78 is 5.69. The van der Waals surface area contributed by atoms with Crippen molar-refractivity contribution >= 4 is 11.8 Å².